The topological polar surface area (TPSA) is 62.4 Å². The molecule has 4 N–H and O–H groups in total. The van der Waals surface area contributed by atoms with Crippen molar-refractivity contribution in [2.45, 2.75) is 70.9 Å². The highest BCUT2D eigenvalue weighted by Gasteiger charge is 2.11. The summed E-state index contributed by atoms with van der Waals surface area (Å²) in [5.74, 6) is 6.20. The molecule has 0 aromatic heterocycles. The van der Waals surface area contributed by atoms with Crippen molar-refractivity contribution in [3.8, 4) is 0 Å². The van der Waals surface area contributed by atoms with Gasteiger partial charge in [0.05, 0.1) is 6.04 Å². The van der Waals surface area contributed by atoms with Gasteiger partial charge in [0.2, 0.25) is 5.96 Å². The van der Waals surface area contributed by atoms with Crippen LogP contribution in [0.15, 0.2) is 4.99 Å². The third-order valence-corrected chi connectivity index (χ3v) is 2.95. The zero-order chi connectivity index (χ0) is 11.8. The molecule has 0 heterocycles. The van der Waals surface area contributed by atoms with E-state index in [1.54, 1.807) is 0 Å². The number of nitrogens with one attached hydrogen (secondary N) is 2. The molecule has 0 radical (unpaired) electrons. The summed E-state index contributed by atoms with van der Waals surface area (Å²) in [7, 11) is 0. The van der Waals surface area contributed by atoms with Crippen LogP contribution in [-0.2, 0) is 0 Å². The number of rotatable bonds is 2. The molecule has 1 rings (SSSR count). The molecule has 1 saturated carbocycles. The summed E-state index contributed by atoms with van der Waals surface area (Å²) in [5, 5.41) is 3.23. The maximum atomic E-state index is 5.46. The van der Waals surface area contributed by atoms with E-state index in [4.69, 9.17) is 5.84 Å². The SMILES string of the molecule is CC(C)NC(=NC1CCCCCCC1)NN. The normalized spacial score (nSPS) is 20.4. The van der Waals surface area contributed by atoms with Crippen LogP contribution in [0.1, 0.15) is 58.8 Å². The molecule has 0 aliphatic heterocycles. The minimum atomic E-state index is 0.364. The van der Waals surface area contributed by atoms with E-state index >= 15 is 0 Å². The summed E-state index contributed by atoms with van der Waals surface area (Å²) in [6, 6.07) is 0.806. The lowest BCUT2D eigenvalue weighted by atomic mass is 9.97. The number of nitrogens with zero attached hydrogens (tertiary/aromatic N) is 1. The van der Waals surface area contributed by atoms with Gasteiger partial charge < -0.3 is 5.32 Å². The van der Waals surface area contributed by atoms with Crippen molar-refractivity contribution in [2.24, 2.45) is 10.8 Å². The molecule has 0 atom stereocenters. The zero-order valence-electron chi connectivity index (χ0n) is 10.6. The lowest BCUT2D eigenvalue weighted by Crippen LogP contribution is -2.45. The highest BCUT2D eigenvalue weighted by molar-refractivity contribution is 5.79. The van der Waals surface area contributed by atoms with Crippen molar-refractivity contribution in [1.29, 1.82) is 0 Å². The van der Waals surface area contributed by atoms with Crippen LogP contribution >= 0.6 is 0 Å². The minimum Gasteiger partial charge on any atom is -0.353 e. The average Bonchev–Trinajstić information content (AvgIpc) is 2.19. The molecule has 4 nitrogen and oxygen atoms in total. The standard InChI is InChI=1S/C12H26N4/c1-10(2)14-12(16-13)15-11-8-6-4-3-5-7-9-11/h10-11H,3-9,13H2,1-2H3,(H2,14,15,16). The number of aliphatic imine (C=N–C) groups is 1. The third kappa shape index (κ3) is 5.35. The van der Waals surface area contributed by atoms with Gasteiger partial charge in [0.1, 0.15) is 0 Å². The van der Waals surface area contributed by atoms with Gasteiger partial charge in [0.25, 0.3) is 0 Å². The fraction of sp³-hybridized carbons (Fsp3) is 0.917. The molecule has 1 aliphatic rings. The summed E-state index contributed by atoms with van der Waals surface area (Å²) in [6.07, 6.45) is 9.10. The quantitative estimate of drug-likeness (QED) is 0.292. The van der Waals surface area contributed by atoms with Gasteiger partial charge in [-0.05, 0) is 26.7 Å². The number of guanidine groups is 1. The first-order chi connectivity index (χ1) is 7.72. The Hall–Kier alpha value is -0.770. The molecule has 0 spiro atoms. The van der Waals surface area contributed by atoms with E-state index < -0.39 is 0 Å². The predicted octanol–water partition coefficient (Wildman–Crippen LogP) is 1.92. The van der Waals surface area contributed by atoms with Crippen LogP contribution in [-0.4, -0.2) is 18.0 Å². The average molecular weight is 226 g/mol. The van der Waals surface area contributed by atoms with Crippen molar-refractivity contribution in [1.82, 2.24) is 10.7 Å². The Morgan fingerprint density at radius 3 is 2.19 bits per heavy atom. The molecule has 1 aliphatic carbocycles. The number of hydrogen-bond acceptors (Lipinski definition) is 2. The van der Waals surface area contributed by atoms with Gasteiger partial charge in [-0.25, -0.2) is 10.8 Å². The molecular formula is C12H26N4. The van der Waals surface area contributed by atoms with Crippen LogP contribution < -0.4 is 16.6 Å². The Bertz CT molecular complexity index is 205. The van der Waals surface area contributed by atoms with Crippen molar-refractivity contribution in [3.63, 3.8) is 0 Å². The first-order valence-electron chi connectivity index (χ1n) is 6.53. The summed E-state index contributed by atoms with van der Waals surface area (Å²) in [6.45, 7) is 4.18. The predicted molar refractivity (Wildman–Crippen MR) is 69.1 cm³/mol. The van der Waals surface area contributed by atoms with Crippen LogP contribution in [0, 0.1) is 0 Å². The largest absolute Gasteiger partial charge is 0.353 e. The van der Waals surface area contributed by atoms with E-state index in [-0.39, 0.29) is 0 Å². The molecule has 0 amide bonds. The van der Waals surface area contributed by atoms with Crippen LogP contribution in [0.4, 0.5) is 0 Å². The van der Waals surface area contributed by atoms with Crippen molar-refractivity contribution in [2.75, 3.05) is 0 Å². The van der Waals surface area contributed by atoms with Gasteiger partial charge in [-0.1, -0.05) is 32.1 Å². The zero-order valence-corrected chi connectivity index (χ0v) is 10.6. The Labute approximate surface area is 99.1 Å². The number of hydrogen-bond donors (Lipinski definition) is 3. The second kappa shape index (κ2) is 7.49. The van der Waals surface area contributed by atoms with Crippen LogP contribution in [0.25, 0.3) is 0 Å². The number of nitrogens with two attached hydrogens (primary N) is 1. The molecule has 16 heavy (non-hydrogen) atoms. The van der Waals surface area contributed by atoms with Gasteiger partial charge in [0.15, 0.2) is 0 Å². The Morgan fingerprint density at radius 2 is 1.69 bits per heavy atom. The van der Waals surface area contributed by atoms with Gasteiger partial charge in [-0.3, -0.25) is 5.43 Å². The van der Waals surface area contributed by atoms with Gasteiger partial charge >= 0.3 is 0 Å². The third-order valence-electron chi connectivity index (χ3n) is 2.95. The molecular weight excluding hydrogens is 200 g/mol. The molecule has 0 saturated heterocycles. The van der Waals surface area contributed by atoms with E-state index in [1.165, 1.54) is 44.9 Å². The van der Waals surface area contributed by atoms with E-state index in [0.717, 1.165) is 5.96 Å². The molecule has 4 heteroatoms. The minimum absolute atomic E-state index is 0.364. The summed E-state index contributed by atoms with van der Waals surface area (Å²) in [4.78, 5) is 4.67. The highest BCUT2D eigenvalue weighted by Crippen LogP contribution is 2.19. The molecule has 0 bridgehead atoms. The molecule has 0 unspecified atom stereocenters. The smallest absolute Gasteiger partial charge is 0.206 e. The highest BCUT2D eigenvalue weighted by atomic mass is 15.3. The lowest BCUT2D eigenvalue weighted by molar-refractivity contribution is 0.452. The Morgan fingerprint density at radius 1 is 1.12 bits per heavy atom. The summed E-state index contributed by atoms with van der Waals surface area (Å²) in [5.41, 5.74) is 2.66. The maximum absolute atomic E-state index is 5.46. The van der Waals surface area contributed by atoms with Crippen molar-refractivity contribution in [3.05, 3.63) is 0 Å². The van der Waals surface area contributed by atoms with E-state index in [1.807, 2.05) is 0 Å². The van der Waals surface area contributed by atoms with Crippen molar-refractivity contribution < 1.29 is 0 Å². The molecule has 1 fully saturated rings. The lowest BCUT2D eigenvalue weighted by Gasteiger charge is -2.19. The summed E-state index contributed by atoms with van der Waals surface area (Å²) < 4.78 is 0. The van der Waals surface area contributed by atoms with Gasteiger partial charge in [-0.2, -0.15) is 0 Å². The first kappa shape index (κ1) is 13.3. The second-order valence-corrected chi connectivity index (χ2v) is 4.92. The van der Waals surface area contributed by atoms with Crippen LogP contribution in [0.5, 0.6) is 0 Å². The van der Waals surface area contributed by atoms with Crippen LogP contribution in [0.3, 0.4) is 0 Å². The monoisotopic (exact) mass is 226 g/mol. The Balaban J connectivity index is 2.48. The molecule has 94 valence electrons. The maximum Gasteiger partial charge on any atom is 0.206 e. The van der Waals surface area contributed by atoms with Gasteiger partial charge in [-0.15, -0.1) is 0 Å². The van der Waals surface area contributed by atoms with E-state index in [2.05, 4.69) is 29.6 Å². The number of hydrazine groups is 1. The van der Waals surface area contributed by atoms with Crippen molar-refractivity contribution >= 4 is 5.96 Å². The Kier molecular flexibility index (Phi) is 6.23. The second-order valence-electron chi connectivity index (χ2n) is 4.92. The fourth-order valence-corrected chi connectivity index (χ4v) is 2.14. The van der Waals surface area contributed by atoms with E-state index in [9.17, 15) is 0 Å². The summed E-state index contributed by atoms with van der Waals surface area (Å²) >= 11 is 0. The van der Waals surface area contributed by atoms with Gasteiger partial charge in [0, 0.05) is 6.04 Å². The molecule has 0 aromatic rings. The first-order valence-corrected chi connectivity index (χ1v) is 6.53. The fourth-order valence-electron chi connectivity index (χ4n) is 2.14. The van der Waals surface area contributed by atoms with Crippen LogP contribution in [0.2, 0.25) is 0 Å². The molecule has 0 aromatic carbocycles. The van der Waals surface area contributed by atoms with E-state index in [0.29, 0.717) is 12.1 Å².